The number of urea groups is 1. The summed E-state index contributed by atoms with van der Waals surface area (Å²) in [6.45, 7) is 0. The Balaban J connectivity index is 1.80. The molecule has 0 saturated carbocycles. The summed E-state index contributed by atoms with van der Waals surface area (Å²) in [4.78, 5) is 28.9. The van der Waals surface area contributed by atoms with Gasteiger partial charge in [-0.3, -0.25) is 14.7 Å². The van der Waals surface area contributed by atoms with Crippen LogP contribution in [-0.4, -0.2) is 29.8 Å². The van der Waals surface area contributed by atoms with Gasteiger partial charge in [0.05, 0.1) is 14.2 Å². The van der Waals surface area contributed by atoms with Gasteiger partial charge in [-0.2, -0.15) is 0 Å². The van der Waals surface area contributed by atoms with Gasteiger partial charge in [0.15, 0.2) is 0 Å². The summed E-state index contributed by atoms with van der Waals surface area (Å²) >= 11 is 5.88. The molecule has 144 valence electrons. The third-order valence-electron chi connectivity index (χ3n) is 3.79. The zero-order valence-corrected chi connectivity index (χ0v) is 15.9. The van der Waals surface area contributed by atoms with Crippen LogP contribution in [-0.2, 0) is 0 Å². The van der Waals surface area contributed by atoms with E-state index >= 15 is 0 Å². The predicted molar refractivity (Wildman–Crippen MR) is 107 cm³/mol. The van der Waals surface area contributed by atoms with Gasteiger partial charge in [-0.1, -0.05) is 11.6 Å². The third-order valence-corrected chi connectivity index (χ3v) is 4.04. The van der Waals surface area contributed by atoms with Crippen LogP contribution in [0.4, 0.5) is 16.3 Å². The zero-order chi connectivity index (χ0) is 20.1. The van der Waals surface area contributed by atoms with Crippen molar-refractivity contribution in [2.75, 3.05) is 24.9 Å². The molecule has 1 aromatic heterocycles. The van der Waals surface area contributed by atoms with Crippen LogP contribution in [0.5, 0.6) is 11.5 Å². The molecule has 0 unspecified atom stereocenters. The Kier molecular flexibility index (Phi) is 5.81. The molecule has 2 aromatic carbocycles. The minimum absolute atomic E-state index is 0.121. The maximum Gasteiger partial charge on any atom is 0.325 e. The van der Waals surface area contributed by atoms with Crippen molar-refractivity contribution in [3.63, 3.8) is 0 Å². The summed E-state index contributed by atoms with van der Waals surface area (Å²) < 4.78 is 11.7. The highest BCUT2D eigenvalue weighted by atomic mass is 35.5. The van der Waals surface area contributed by atoms with Gasteiger partial charge >= 0.3 is 6.03 Å². The number of nitrogens with zero attached hydrogens (tertiary/aromatic N) is 2. The van der Waals surface area contributed by atoms with Crippen LogP contribution < -0.4 is 25.7 Å². The molecule has 0 aliphatic rings. The summed E-state index contributed by atoms with van der Waals surface area (Å²) in [5.74, 6) is 0.903. The minimum atomic E-state index is -0.631. The zero-order valence-electron chi connectivity index (χ0n) is 15.1. The van der Waals surface area contributed by atoms with Crippen LogP contribution in [0, 0.1) is 0 Å². The van der Waals surface area contributed by atoms with Gasteiger partial charge < -0.3 is 14.8 Å². The number of hydrogen-bond donors (Lipinski definition) is 2. The number of amides is 2. The number of anilines is 2. The Bertz CT molecular complexity index is 1030. The molecular formula is C19H17ClN4O4. The Morgan fingerprint density at radius 3 is 2.29 bits per heavy atom. The number of methoxy groups -OCH3 is 2. The summed E-state index contributed by atoms with van der Waals surface area (Å²) in [6.07, 6.45) is 2.92. The molecule has 0 spiro atoms. The van der Waals surface area contributed by atoms with E-state index in [4.69, 9.17) is 21.1 Å². The van der Waals surface area contributed by atoms with Gasteiger partial charge in [-0.25, -0.2) is 9.78 Å². The summed E-state index contributed by atoms with van der Waals surface area (Å²) in [5.41, 5.74) is 0.545. The predicted octanol–water partition coefficient (Wildman–Crippen LogP) is 3.55. The number of halogens is 1. The second-order valence-electron chi connectivity index (χ2n) is 5.61. The molecule has 0 atom stereocenters. The van der Waals surface area contributed by atoms with E-state index in [0.29, 0.717) is 27.9 Å². The van der Waals surface area contributed by atoms with Gasteiger partial charge in [-0.05, 0) is 24.3 Å². The molecule has 0 radical (unpaired) electrons. The van der Waals surface area contributed by atoms with Crippen molar-refractivity contribution in [3.8, 4) is 17.2 Å². The first-order chi connectivity index (χ1) is 13.5. The number of benzene rings is 2. The lowest BCUT2D eigenvalue weighted by Gasteiger charge is -2.11. The van der Waals surface area contributed by atoms with Crippen LogP contribution in [0.1, 0.15) is 0 Å². The third kappa shape index (κ3) is 4.41. The largest absolute Gasteiger partial charge is 0.497 e. The molecule has 0 bridgehead atoms. The molecule has 28 heavy (non-hydrogen) atoms. The molecule has 0 aliphatic carbocycles. The fourth-order valence-corrected chi connectivity index (χ4v) is 2.58. The summed E-state index contributed by atoms with van der Waals surface area (Å²) in [7, 11) is 3.01. The Morgan fingerprint density at radius 1 is 1.04 bits per heavy atom. The molecule has 0 aliphatic heterocycles. The highest BCUT2D eigenvalue weighted by Gasteiger charge is 2.11. The molecule has 0 fully saturated rings. The fraction of sp³-hybridized carbons (Fsp3) is 0.105. The lowest BCUT2D eigenvalue weighted by Crippen LogP contribution is -2.28. The first kappa shape index (κ1) is 19.2. The summed E-state index contributed by atoms with van der Waals surface area (Å²) in [5, 5.41) is 5.62. The molecule has 1 heterocycles. The van der Waals surface area contributed by atoms with Crippen LogP contribution >= 0.6 is 11.6 Å². The fourth-order valence-electron chi connectivity index (χ4n) is 2.45. The Labute approximate surface area is 165 Å². The van der Waals surface area contributed by atoms with E-state index < -0.39 is 11.6 Å². The van der Waals surface area contributed by atoms with E-state index in [1.165, 1.54) is 31.2 Å². The molecule has 2 amide bonds. The van der Waals surface area contributed by atoms with Crippen LogP contribution in [0.15, 0.2) is 59.7 Å². The number of hydrogen-bond acceptors (Lipinski definition) is 5. The standard InChI is InChI=1S/C19H17ClN4O4/c1-27-15-9-13(10-16(11-15)28-2)22-19(26)23-17-18(25)24(8-7-21-17)14-5-3-12(20)4-6-14/h3-11H,1-2H3,(H2,21,22,23,26). The molecule has 3 rings (SSSR count). The van der Waals surface area contributed by atoms with Gasteiger partial charge in [0, 0.05) is 47.0 Å². The Morgan fingerprint density at radius 2 is 1.68 bits per heavy atom. The van der Waals surface area contributed by atoms with Crippen LogP contribution in [0.3, 0.4) is 0 Å². The molecule has 8 nitrogen and oxygen atoms in total. The number of aromatic nitrogens is 2. The molecule has 9 heteroatoms. The lowest BCUT2D eigenvalue weighted by atomic mass is 10.3. The van der Waals surface area contributed by atoms with E-state index in [0.717, 1.165) is 0 Å². The highest BCUT2D eigenvalue weighted by molar-refractivity contribution is 6.30. The van der Waals surface area contributed by atoms with Crippen molar-refractivity contribution in [2.24, 2.45) is 0 Å². The number of carbonyl (C=O) groups excluding carboxylic acids is 1. The molecule has 3 aromatic rings. The van der Waals surface area contributed by atoms with Crippen molar-refractivity contribution in [1.29, 1.82) is 0 Å². The first-order valence-electron chi connectivity index (χ1n) is 8.15. The summed E-state index contributed by atoms with van der Waals surface area (Å²) in [6, 6.07) is 11.0. The second kappa shape index (κ2) is 8.45. The molecule has 0 saturated heterocycles. The van der Waals surface area contributed by atoms with Crippen LogP contribution in [0.2, 0.25) is 5.02 Å². The minimum Gasteiger partial charge on any atom is -0.497 e. The van der Waals surface area contributed by atoms with Crippen molar-refractivity contribution < 1.29 is 14.3 Å². The quantitative estimate of drug-likeness (QED) is 0.683. The Hall–Kier alpha value is -3.52. The SMILES string of the molecule is COc1cc(NC(=O)Nc2nccn(-c3ccc(Cl)cc3)c2=O)cc(OC)c1. The van der Waals surface area contributed by atoms with Gasteiger partial charge in [0.1, 0.15) is 11.5 Å². The van der Waals surface area contributed by atoms with Crippen molar-refractivity contribution >= 4 is 29.1 Å². The van der Waals surface area contributed by atoms with Crippen molar-refractivity contribution in [1.82, 2.24) is 9.55 Å². The monoisotopic (exact) mass is 400 g/mol. The van der Waals surface area contributed by atoms with Gasteiger partial charge in [0.2, 0.25) is 5.82 Å². The number of ether oxygens (including phenoxy) is 2. The van der Waals surface area contributed by atoms with E-state index in [-0.39, 0.29) is 5.82 Å². The first-order valence-corrected chi connectivity index (χ1v) is 8.52. The normalized spacial score (nSPS) is 10.2. The van der Waals surface area contributed by atoms with E-state index in [1.807, 2.05) is 0 Å². The van der Waals surface area contributed by atoms with E-state index in [1.54, 1.807) is 42.5 Å². The topological polar surface area (TPSA) is 94.5 Å². The van der Waals surface area contributed by atoms with Gasteiger partial charge in [-0.15, -0.1) is 0 Å². The van der Waals surface area contributed by atoms with Gasteiger partial charge in [0.25, 0.3) is 5.56 Å². The average molecular weight is 401 g/mol. The smallest absolute Gasteiger partial charge is 0.325 e. The second-order valence-corrected chi connectivity index (χ2v) is 6.04. The number of nitrogens with one attached hydrogen (secondary N) is 2. The molecular weight excluding hydrogens is 384 g/mol. The van der Waals surface area contributed by atoms with Crippen molar-refractivity contribution in [2.45, 2.75) is 0 Å². The van der Waals surface area contributed by atoms with Crippen molar-refractivity contribution in [3.05, 3.63) is 70.2 Å². The maximum atomic E-state index is 12.6. The highest BCUT2D eigenvalue weighted by Crippen LogP contribution is 2.25. The maximum absolute atomic E-state index is 12.6. The van der Waals surface area contributed by atoms with E-state index in [9.17, 15) is 9.59 Å². The number of carbonyl (C=O) groups is 1. The molecule has 2 N–H and O–H groups in total. The van der Waals surface area contributed by atoms with E-state index in [2.05, 4.69) is 15.6 Å². The lowest BCUT2D eigenvalue weighted by molar-refractivity contribution is 0.262. The average Bonchev–Trinajstić information content (AvgIpc) is 2.70. The number of rotatable bonds is 5. The van der Waals surface area contributed by atoms with Crippen LogP contribution in [0.25, 0.3) is 5.69 Å².